The zero-order valence-electron chi connectivity index (χ0n) is 9.47. The smallest absolute Gasteiger partial charge is 0.205 e. The largest absolute Gasteiger partial charge is 0.313 e. The molecule has 1 unspecified atom stereocenters. The number of hydrogen-bond donors (Lipinski definition) is 1. The van der Waals surface area contributed by atoms with E-state index in [4.69, 9.17) is 34.8 Å². The number of alkyl halides is 3. The number of aryl methyl sites for hydroxylation is 1. The van der Waals surface area contributed by atoms with E-state index in [1.807, 2.05) is 18.8 Å². The molecule has 0 saturated heterocycles. The van der Waals surface area contributed by atoms with Crippen molar-refractivity contribution in [2.75, 3.05) is 12.8 Å². The molecule has 2 rings (SSSR count). The van der Waals surface area contributed by atoms with Gasteiger partial charge in [0.1, 0.15) is 0 Å². The van der Waals surface area contributed by atoms with Gasteiger partial charge in [-0.3, -0.25) is 0 Å². The van der Waals surface area contributed by atoms with Gasteiger partial charge in [0.25, 0.3) is 0 Å². The molecule has 0 aliphatic carbocycles. The van der Waals surface area contributed by atoms with Gasteiger partial charge in [-0.25, -0.2) is 0 Å². The van der Waals surface area contributed by atoms with Gasteiger partial charge >= 0.3 is 0 Å². The van der Waals surface area contributed by atoms with Gasteiger partial charge < -0.3 is 5.32 Å². The third kappa shape index (κ3) is 3.45. The van der Waals surface area contributed by atoms with Gasteiger partial charge in [0.2, 0.25) is 3.79 Å². The minimum atomic E-state index is -1.28. The van der Waals surface area contributed by atoms with Gasteiger partial charge in [0, 0.05) is 10.6 Å². The highest BCUT2D eigenvalue weighted by Gasteiger charge is 2.31. The maximum absolute atomic E-state index is 5.93. The van der Waals surface area contributed by atoms with Crippen LogP contribution in [0, 0.1) is 0 Å². The molecule has 0 spiro atoms. The Morgan fingerprint density at radius 2 is 2.18 bits per heavy atom. The lowest BCUT2D eigenvalue weighted by molar-refractivity contribution is 0.568. The van der Waals surface area contributed by atoms with Gasteiger partial charge in [-0.2, -0.15) is 0 Å². The van der Waals surface area contributed by atoms with Crippen LogP contribution in [0.4, 0.5) is 0 Å². The van der Waals surface area contributed by atoms with Crippen LogP contribution < -0.4 is 5.32 Å². The molecule has 0 aromatic heterocycles. The van der Waals surface area contributed by atoms with Crippen LogP contribution in [-0.2, 0) is 12.8 Å². The minimum absolute atomic E-state index is 0.169. The fourth-order valence-corrected chi connectivity index (χ4v) is 3.65. The average molecular weight is 311 g/mol. The van der Waals surface area contributed by atoms with Crippen molar-refractivity contribution >= 4 is 46.6 Å². The number of thioether (sulfide) groups is 1. The van der Waals surface area contributed by atoms with Crippen molar-refractivity contribution in [2.24, 2.45) is 0 Å². The fourth-order valence-electron chi connectivity index (χ4n) is 1.95. The number of benzene rings is 1. The molecule has 1 aliphatic heterocycles. The summed E-state index contributed by atoms with van der Waals surface area (Å²) in [6.07, 6.45) is 1.89. The zero-order chi connectivity index (χ0) is 12.5. The summed E-state index contributed by atoms with van der Waals surface area (Å²) in [4.78, 5) is 1.38. The third-order valence-electron chi connectivity index (χ3n) is 2.94. The summed E-state index contributed by atoms with van der Waals surface area (Å²) in [5.41, 5.74) is 2.65. The molecule has 1 aromatic carbocycles. The predicted molar refractivity (Wildman–Crippen MR) is 77.7 cm³/mol. The lowest BCUT2D eigenvalue weighted by Gasteiger charge is -2.24. The molecule has 0 fully saturated rings. The molecular weight excluding hydrogens is 297 g/mol. The first kappa shape index (κ1) is 13.8. The predicted octanol–water partition coefficient (Wildman–Crippen LogP) is 3.84. The van der Waals surface area contributed by atoms with E-state index >= 15 is 0 Å². The second-order valence-electron chi connectivity index (χ2n) is 4.13. The number of nitrogens with one attached hydrogen (secondary N) is 1. The molecule has 0 amide bonds. The quantitative estimate of drug-likeness (QED) is 0.852. The van der Waals surface area contributed by atoms with Crippen LogP contribution >= 0.6 is 46.6 Å². The molecule has 1 N–H and O–H groups in total. The first-order valence-electron chi connectivity index (χ1n) is 5.49. The fraction of sp³-hybridized carbons (Fsp3) is 0.500. The molecule has 5 heteroatoms. The first-order chi connectivity index (χ1) is 8.00. The molecule has 0 bridgehead atoms. The van der Waals surface area contributed by atoms with E-state index in [0.717, 1.165) is 6.42 Å². The highest BCUT2D eigenvalue weighted by molar-refractivity contribution is 7.99. The standard InChI is InChI=1S/C12H14Cl3NS/c1-16-11(12(13,14)15)7-8-2-3-9-4-5-17-10(9)6-8/h2-3,6,11,16H,4-5,7H2,1H3. The molecular formula is C12H14Cl3NS. The van der Waals surface area contributed by atoms with Crippen molar-refractivity contribution in [3.63, 3.8) is 0 Å². The van der Waals surface area contributed by atoms with Crippen LogP contribution in [0.25, 0.3) is 0 Å². The lowest BCUT2D eigenvalue weighted by atomic mass is 10.0. The number of halogens is 3. The van der Waals surface area contributed by atoms with E-state index in [1.54, 1.807) is 0 Å². The number of fused-ring (bicyclic) bond motifs is 1. The summed E-state index contributed by atoms with van der Waals surface area (Å²) in [7, 11) is 1.81. The molecule has 17 heavy (non-hydrogen) atoms. The van der Waals surface area contributed by atoms with E-state index in [2.05, 4.69) is 23.5 Å². The van der Waals surface area contributed by atoms with Crippen molar-refractivity contribution < 1.29 is 0 Å². The Labute approximate surface area is 121 Å². The van der Waals surface area contributed by atoms with Crippen molar-refractivity contribution in [2.45, 2.75) is 27.6 Å². The molecule has 1 aromatic rings. The molecule has 94 valence electrons. The Kier molecular flexibility index (Phi) is 4.54. The minimum Gasteiger partial charge on any atom is -0.313 e. The molecule has 1 nitrogen and oxygen atoms in total. The van der Waals surface area contributed by atoms with Crippen LogP contribution in [0.2, 0.25) is 0 Å². The number of hydrogen-bond acceptors (Lipinski definition) is 2. The van der Waals surface area contributed by atoms with Crippen LogP contribution in [0.15, 0.2) is 23.1 Å². The Hall–Kier alpha value is 0.400. The molecule has 1 aliphatic rings. The van der Waals surface area contributed by atoms with E-state index in [0.29, 0.717) is 0 Å². The highest BCUT2D eigenvalue weighted by atomic mass is 35.6. The van der Waals surface area contributed by atoms with Crippen molar-refractivity contribution in [3.05, 3.63) is 29.3 Å². The summed E-state index contributed by atoms with van der Waals surface area (Å²) in [6, 6.07) is 6.37. The van der Waals surface area contributed by atoms with Gasteiger partial charge in [-0.05, 0) is 37.1 Å². The van der Waals surface area contributed by atoms with E-state index in [1.165, 1.54) is 28.2 Å². The summed E-state index contributed by atoms with van der Waals surface area (Å²) in [5.74, 6) is 1.18. The van der Waals surface area contributed by atoms with Gasteiger partial charge in [-0.1, -0.05) is 46.9 Å². The maximum Gasteiger partial charge on any atom is 0.205 e. The number of likely N-dealkylation sites (N-methyl/N-ethyl adjacent to an activating group) is 1. The van der Waals surface area contributed by atoms with Gasteiger partial charge in [-0.15, -0.1) is 11.8 Å². The Balaban J connectivity index is 2.13. The Morgan fingerprint density at radius 3 is 2.82 bits per heavy atom. The Morgan fingerprint density at radius 1 is 1.41 bits per heavy atom. The molecule has 1 atom stereocenters. The van der Waals surface area contributed by atoms with Gasteiger partial charge in [0.05, 0.1) is 6.04 Å². The zero-order valence-corrected chi connectivity index (χ0v) is 12.6. The number of rotatable bonds is 3. The highest BCUT2D eigenvalue weighted by Crippen LogP contribution is 2.35. The van der Waals surface area contributed by atoms with E-state index in [9.17, 15) is 0 Å². The second-order valence-corrected chi connectivity index (χ2v) is 7.63. The monoisotopic (exact) mass is 309 g/mol. The summed E-state index contributed by atoms with van der Waals surface area (Å²) < 4.78 is -1.28. The Bertz CT molecular complexity index is 403. The summed E-state index contributed by atoms with van der Waals surface area (Å²) >= 11 is 19.7. The third-order valence-corrected chi connectivity index (χ3v) is 4.83. The van der Waals surface area contributed by atoms with Crippen molar-refractivity contribution in [3.8, 4) is 0 Å². The van der Waals surface area contributed by atoms with Gasteiger partial charge in [0.15, 0.2) is 0 Å². The van der Waals surface area contributed by atoms with Crippen molar-refractivity contribution in [1.82, 2.24) is 5.32 Å². The summed E-state index contributed by atoms with van der Waals surface area (Å²) in [6.45, 7) is 0. The summed E-state index contributed by atoms with van der Waals surface area (Å²) in [5, 5.41) is 3.06. The van der Waals surface area contributed by atoms with Crippen molar-refractivity contribution in [1.29, 1.82) is 0 Å². The molecule has 1 heterocycles. The van der Waals surface area contributed by atoms with Crippen LogP contribution in [0.5, 0.6) is 0 Å². The maximum atomic E-state index is 5.93. The first-order valence-corrected chi connectivity index (χ1v) is 7.61. The normalized spacial score (nSPS) is 16.9. The SMILES string of the molecule is CNC(Cc1ccc2c(c1)SCC2)C(Cl)(Cl)Cl. The van der Waals surface area contributed by atoms with Crippen LogP contribution in [0.3, 0.4) is 0 Å². The topological polar surface area (TPSA) is 12.0 Å². The second kappa shape index (κ2) is 5.58. The van der Waals surface area contributed by atoms with Crippen LogP contribution in [-0.4, -0.2) is 22.6 Å². The van der Waals surface area contributed by atoms with E-state index < -0.39 is 3.79 Å². The molecule has 0 saturated carbocycles. The lowest BCUT2D eigenvalue weighted by Crippen LogP contribution is -2.39. The average Bonchev–Trinajstić information content (AvgIpc) is 2.71. The van der Waals surface area contributed by atoms with E-state index in [-0.39, 0.29) is 6.04 Å². The molecule has 0 radical (unpaired) electrons. The van der Waals surface area contributed by atoms with Crippen LogP contribution in [0.1, 0.15) is 11.1 Å².